The predicted octanol–water partition coefficient (Wildman–Crippen LogP) is 0.479. The summed E-state index contributed by atoms with van der Waals surface area (Å²) in [5.74, 6) is -2.30. The summed E-state index contributed by atoms with van der Waals surface area (Å²) in [7, 11) is 0. The van der Waals surface area contributed by atoms with E-state index in [1.807, 2.05) is 0 Å². The Balaban J connectivity index is 3.05. The lowest BCUT2D eigenvalue weighted by Crippen LogP contribution is -2.58. The summed E-state index contributed by atoms with van der Waals surface area (Å²) in [4.78, 5) is 34.8. The van der Waals surface area contributed by atoms with Crippen LogP contribution in [0.25, 0.3) is 0 Å². The molecule has 0 aliphatic heterocycles. The highest BCUT2D eigenvalue weighted by Gasteiger charge is 2.55. The van der Waals surface area contributed by atoms with Gasteiger partial charge in [0, 0.05) is 18.9 Å². The number of esters is 1. The Labute approximate surface area is 105 Å². The molecule has 1 aliphatic rings. The van der Waals surface area contributed by atoms with Crippen molar-refractivity contribution in [3.63, 3.8) is 0 Å². The standard InChI is InChI=1S/C12H19NO5/c1-11(2,3)18-10(17)12(9(15)16)5-4-7(14)6-8(12)13/h8H,4-6,13H2,1-3H3,(H,15,16)/t8-,12-/m1/s1. The summed E-state index contributed by atoms with van der Waals surface area (Å²) in [5.41, 5.74) is 3.13. The highest BCUT2D eigenvalue weighted by molar-refractivity contribution is 6.02. The molecule has 0 spiro atoms. The molecule has 0 aromatic carbocycles. The van der Waals surface area contributed by atoms with Gasteiger partial charge in [0.15, 0.2) is 5.41 Å². The zero-order valence-electron chi connectivity index (χ0n) is 10.9. The van der Waals surface area contributed by atoms with Crippen LogP contribution in [0, 0.1) is 5.41 Å². The second-order valence-corrected chi connectivity index (χ2v) is 5.63. The van der Waals surface area contributed by atoms with Crippen molar-refractivity contribution in [2.45, 2.75) is 51.7 Å². The largest absolute Gasteiger partial charge is 0.480 e. The van der Waals surface area contributed by atoms with Gasteiger partial charge in [0.25, 0.3) is 0 Å². The van der Waals surface area contributed by atoms with Gasteiger partial charge in [-0.2, -0.15) is 0 Å². The zero-order chi connectivity index (χ0) is 14.1. The van der Waals surface area contributed by atoms with Crippen LogP contribution >= 0.6 is 0 Å². The van der Waals surface area contributed by atoms with Gasteiger partial charge in [0.2, 0.25) is 0 Å². The second-order valence-electron chi connectivity index (χ2n) is 5.63. The van der Waals surface area contributed by atoms with E-state index in [0.717, 1.165) is 0 Å². The van der Waals surface area contributed by atoms with E-state index < -0.39 is 29.0 Å². The Morgan fingerprint density at radius 3 is 2.39 bits per heavy atom. The first-order chi connectivity index (χ1) is 8.09. The van der Waals surface area contributed by atoms with Crippen LogP contribution in [0.4, 0.5) is 0 Å². The zero-order valence-corrected chi connectivity index (χ0v) is 10.9. The van der Waals surface area contributed by atoms with Crippen molar-refractivity contribution >= 4 is 17.7 Å². The summed E-state index contributed by atoms with van der Waals surface area (Å²) < 4.78 is 5.14. The SMILES string of the molecule is CC(C)(C)OC(=O)[C@]1(C(=O)O)CCC(=O)C[C@H]1N. The van der Waals surface area contributed by atoms with Gasteiger partial charge in [0.1, 0.15) is 11.4 Å². The van der Waals surface area contributed by atoms with Gasteiger partial charge in [-0.05, 0) is 27.2 Å². The number of Topliss-reactive ketones (excluding diaryl/α,β-unsaturated/α-hetero) is 1. The molecule has 0 radical (unpaired) electrons. The smallest absolute Gasteiger partial charge is 0.325 e. The lowest BCUT2D eigenvalue weighted by molar-refractivity contribution is -0.180. The highest BCUT2D eigenvalue weighted by atomic mass is 16.6. The van der Waals surface area contributed by atoms with Crippen LogP contribution in [0.2, 0.25) is 0 Å². The molecule has 3 N–H and O–H groups in total. The third-order valence-corrected chi connectivity index (χ3v) is 3.02. The maximum absolute atomic E-state index is 12.1. The van der Waals surface area contributed by atoms with Crippen LogP contribution in [0.15, 0.2) is 0 Å². The van der Waals surface area contributed by atoms with E-state index in [9.17, 15) is 19.5 Å². The van der Waals surface area contributed by atoms with Crippen molar-refractivity contribution < 1.29 is 24.2 Å². The molecule has 102 valence electrons. The van der Waals surface area contributed by atoms with Crippen molar-refractivity contribution in [3.8, 4) is 0 Å². The fraction of sp³-hybridized carbons (Fsp3) is 0.750. The molecule has 6 heteroatoms. The first kappa shape index (κ1) is 14.6. The molecule has 1 rings (SSSR count). The molecule has 0 amide bonds. The molecule has 0 aromatic heterocycles. The second kappa shape index (κ2) is 4.68. The van der Waals surface area contributed by atoms with E-state index in [2.05, 4.69) is 0 Å². The number of nitrogens with two attached hydrogens (primary N) is 1. The van der Waals surface area contributed by atoms with Gasteiger partial charge in [-0.15, -0.1) is 0 Å². The number of carbonyl (C=O) groups is 3. The highest BCUT2D eigenvalue weighted by Crippen LogP contribution is 2.37. The lowest BCUT2D eigenvalue weighted by Gasteiger charge is -2.37. The molecule has 6 nitrogen and oxygen atoms in total. The molecule has 1 fully saturated rings. The summed E-state index contributed by atoms with van der Waals surface area (Å²) >= 11 is 0. The van der Waals surface area contributed by atoms with Crippen molar-refractivity contribution in [3.05, 3.63) is 0 Å². The van der Waals surface area contributed by atoms with Crippen LogP contribution in [-0.2, 0) is 19.1 Å². The number of ether oxygens (including phenoxy) is 1. The van der Waals surface area contributed by atoms with Gasteiger partial charge in [0.05, 0.1) is 0 Å². The topological polar surface area (TPSA) is 107 Å². The van der Waals surface area contributed by atoms with Gasteiger partial charge in [-0.3, -0.25) is 14.4 Å². The number of ketones is 1. The Morgan fingerprint density at radius 1 is 1.44 bits per heavy atom. The van der Waals surface area contributed by atoms with Crippen LogP contribution in [-0.4, -0.2) is 34.5 Å². The van der Waals surface area contributed by atoms with Crippen molar-refractivity contribution in [2.75, 3.05) is 0 Å². The maximum atomic E-state index is 12.1. The number of carboxylic acids is 1. The van der Waals surface area contributed by atoms with E-state index in [0.29, 0.717) is 0 Å². The molecule has 0 saturated heterocycles. The average Bonchev–Trinajstić information content (AvgIpc) is 2.13. The van der Waals surface area contributed by atoms with Crippen LogP contribution in [0.1, 0.15) is 40.0 Å². The van der Waals surface area contributed by atoms with Crippen LogP contribution in [0.3, 0.4) is 0 Å². The Hall–Kier alpha value is -1.43. The third-order valence-electron chi connectivity index (χ3n) is 3.02. The summed E-state index contributed by atoms with van der Waals surface area (Å²) in [5, 5.41) is 9.32. The third kappa shape index (κ3) is 2.69. The minimum atomic E-state index is -1.80. The normalized spacial score (nSPS) is 28.9. The molecule has 2 atom stereocenters. The van der Waals surface area contributed by atoms with Gasteiger partial charge in [-0.1, -0.05) is 0 Å². The minimum Gasteiger partial charge on any atom is -0.480 e. The Morgan fingerprint density at radius 2 is 2.00 bits per heavy atom. The summed E-state index contributed by atoms with van der Waals surface area (Å²) in [6.45, 7) is 4.96. The first-order valence-electron chi connectivity index (χ1n) is 5.84. The molecule has 0 heterocycles. The van der Waals surface area contributed by atoms with Gasteiger partial charge < -0.3 is 15.6 Å². The summed E-state index contributed by atoms with van der Waals surface area (Å²) in [6.07, 6.45) is -0.165. The molecule has 1 aliphatic carbocycles. The number of rotatable bonds is 2. The maximum Gasteiger partial charge on any atom is 0.325 e. The van der Waals surface area contributed by atoms with Crippen molar-refractivity contribution in [1.29, 1.82) is 0 Å². The lowest BCUT2D eigenvalue weighted by atomic mass is 9.70. The molecular weight excluding hydrogens is 238 g/mol. The van der Waals surface area contributed by atoms with Crippen LogP contribution < -0.4 is 5.73 Å². The number of aliphatic carboxylic acids is 1. The van der Waals surface area contributed by atoms with E-state index in [4.69, 9.17) is 10.5 Å². The molecule has 0 aromatic rings. The van der Waals surface area contributed by atoms with Gasteiger partial charge >= 0.3 is 11.9 Å². The quantitative estimate of drug-likeness (QED) is 0.550. The van der Waals surface area contributed by atoms with Crippen molar-refractivity contribution in [2.24, 2.45) is 11.1 Å². The first-order valence-corrected chi connectivity index (χ1v) is 5.84. The van der Waals surface area contributed by atoms with E-state index in [1.165, 1.54) is 0 Å². The predicted molar refractivity (Wildman–Crippen MR) is 62.7 cm³/mol. The Kier molecular flexibility index (Phi) is 3.81. The minimum absolute atomic E-state index is 0.0409. The molecular formula is C12H19NO5. The summed E-state index contributed by atoms with van der Waals surface area (Å²) in [6, 6.07) is -1.04. The van der Waals surface area contributed by atoms with E-state index >= 15 is 0 Å². The molecule has 0 unspecified atom stereocenters. The van der Waals surface area contributed by atoms with E-state index in [1.54, 1.807) is 20.8 Å². The molecule has 0 bridgehead atoms. The number of hydrogen-bond donors (Lipinski definition) is 2. The van der Waals surface area contributed by atoms with Gasteiger partial charge in [-0.25, -0.2) is 0 Å². The van der Waals surface area contributed by atoms with Crippen LogP contribution in [0.5, 0.6) is 0 Å². The fourth-order valence-corrected chi connectivity index (χ4v) is 2.02. The number of carbonyl (C=O) groups excluding carboxylic acids is 2. The molecule has 18 heavy (non-hydrogen) atoms. The molecule has 1 saturated carbocycles. The number of carboxylic acid groups (broad SMARTS) is 1. The van der Waals surface area contributed by atoms with Crippen molar-refractivity contribution in [1.82, 2.24) is 0 Å². The van der Waals surface area contributed by atoms with E-state index in [-0.39, 0.29) is 25.0 Å². The number of hydrogen-bond acceptors (Lipinski definition) is 5. The fourth-order valence-electron chi connectivity index (χ4n) is 2.02. The Bertz CT molecular complexity index is 384. The average molecular weight is 257 g/mol. The monoisotopic (exact) mass is 257 g/mol.